The fraction of sp³-hybridized carbons (Fsp3) is 0.267. The number of aryl methyl sites for hydroxylation is 1. The van der Waals surface area contributed by atoms with Crippen LogP contribution in [0.3, 0.4) is 0 Å². The summed E-state index contributed by atoms with van der Waals surface area (Å²) in [5, 5.41) is 2.41. The first-order valence-electron chi connectivity index (χ1n) is 6.85. The zero-order valence-corrected chi connectivity index (χ0v) is 13.5. The van der Waals surface area contributed by atoms with Crippen molar-refractivity contribution >= 4 is 28.8 Å². The Morgan fingerprint density at radius 2 is 2.04 bits per heavy atom. The highest BCUT2D eigenvalue weighted by Gasteiger charge is 2.12. The lowest BCUT2D eigenvalue weighted by Gasteiger charge is -2.08. The molecule has 3 N–H and O–H groups in total. The lowest BCUT2D eigenvalue weighted by atomic mass is 10.2. The molecule has 8 heteroatoms. The van der Waals surface area contributed by atoms with Crippen molar-refractivity contribution in [3.05, 3.63) is 49.8 Å². The number of amides is 2. The number of aromatic nitrogens is 1. The Bertz CT molecular complexity index is 826. The number of primary amides is 1. The maximum absolute atomic E-state index is 13.8. The zero-order valence-electron chi connectivity index (χ0n) is 12.7. The molecule has 1 heterocycles. The summed E-state index contributed by atoms with van der Waals surface area (Å²) in [4.78, 5) is 35.4. The van der Waals surface area contributed by atoms with Gasteiger partial charge in [0.25, 0.3) is 0 Å². The summed E-state index contributed by atoms with van der Waals surface area (Å²) in [7, 11) is 0. The summed E-state index contributed by atoms with van der Waals surface area (Å²) in [5.74, 6) is -1.91. The molecular weight excluding hydrogens is 321 g/mol. The minimum absolute atomic E-state index is 0.0245. The SMILES string of the molecule is Cc1sc(=O)n(CCC(=O)Nc2ccc(C(N)=O)cc2F)c1C. The smallest absolute Gasteiger partial charge is 0.307 e. The lowest BCUT2D eigenvalue weighted by Crippen LogP contribution is -2.20. The number of nitrogens with zero attached hydrogens (tertiary/aromatic N) is 1. The van der Waals surface area contributed by atoms with Gasteiger partial charge in [-0.15, -0.1) is 0 Å². The number of carbonyl (C=O) groups excluding carboxylic acids is 2. The maximum Gasteiger partial charge on any atom is 0.307 e. The Balaban J connectivity index is 2.03. The quantitative estimate of drug-likeness (QED) is 0.871. The molecule has 0 aliphatic heterocycles. The fourth-order valence-electron chi connectivity index (χ4n) is 2.04. The van der Waals surface area contributed by atoms with Crippen molar-refractivity contribution < 1.29 is 14.0 Å². The minimum atomic E-state index is -0.746. The number of benzene rings is 1. The largest absolute Gasteiger partial charge is 0.366 e. The predicted molar refractivity (Wildman–Crippen MR) is 86.2 cm³/mol. The monoisotopic (exact) mass is 337 g/mol. The van der Waals surface area contributed by atoms with E-state index in [0.717, 1.165) is 28.0 Å². The van der Waals surface area contributed by atoms with Crippen LogP contribution in [0.15, 0.2) is 23.0 Å². The van der Waals surface area contributed by atoms with E-state index in [1.807, 2.05) is 13.8 Å². The molecule has 0 fully saturated rings. The first kappa shape index (κ1) is 16.9. The minimum Gasteiger partial charge on any atom is -0.366 e. The second-order valence-electron chi connectivity index (χ2n) is 5.02. The number of hydrogen-bond acceptors (Lipinski definition) is 4. The average Bonchev–Trinajstić information content (AvgIpc) is 2.72. The standard InChI is InChI=1S/C15H16FN3O3S/c1-8-9(2)23-15(22)19(8)6-5-13(20)18-12-4-3-10(14(17)21)7-11(12)16/h3-4,7H,5-6H2,1-2H3,(H2,17,21)(H,18,20). The second kappa shape index (κ2) is 6.74. The van der Waals surface area contributed by atoms with E-state index in [9.17, 15) is 18.8 Å². The summed E-state index contributed by atoms with van der Waals surface area (Å²) in [5.41, 5.74) is 5.86. The Labute approximate surface area is 135 Å². The van der Waals surface area contributed by atoms with Crippen LogP contribution in [0.5, 0.6) is 0 Å². The Kier molecular flexibility index (Phi) is 4.95. The summed E-state index contributed by atoms with van der Waals surface area (Å²) < 4.78 is 15.3. The molecule has 6 nitrogen and oxygen atoms in total. The molecule has 2 aromatic rings. The van der Waals surface area contributed by atoms with E-state index in [2.05, 4.69) is 5.32 Å². The van der Waals surface area contributed by atoms with Crippen LogP contribution in [0, 0.1) is 19.7 Å². The highest BCUT2D eigenvalue weighted by Crippen LogP contribution is 2.16. The predicted octanol–water partition coefficient (Wildman–Crippen LogP) is 1.79. The van der Waals surface area contributed by atoms with Crippen molar-refractivity contribution in [3.63, 3.8) is 0 Å². The van der Waals surface area contributed by atoms with E-state index in [1.54, 1.807) is 0 Å². The van der Waals surface area contributed by atoms with Gasteiger partial charge in [-0.05, 0) is 32.0 Å². The van der Waals surface area contributed by atoms with Crippen molar-refractivity contribution in [2.75, 3.05) is 5.32 Å². The molecular formula is C15H16FN3O3S. The summed E-state index contributed by atoms with van der Waals surface area (Å²) in [6, 6.07) is 3.58. The fourth-order valence-corrected chi connectivity index (χ4v) is 2.90. The molecule has 0 saturated carbocycles. The molecule has 2 amide bonds. The molecule has 1 aromatic heterocycles. The average molecular weight is 337 g/mol. The zero-order chi connectivity index (χ0) is 17.1. The molecule has 0 bridgehead atoms. The van der Waals surface area contributed by atoms with Gasteiger partial charge in [0.15, 0.2) is 0 Å². The van der Waals surface area contributed by atoms with Crippen LogP contribution < -0.4 is 15.9 Å². The van der Waals surface area contributed by atoms with Gasteiger partial charge in [-0.1, -0.05) is 11.3 Å². The summed E-state index contributed by atoms with van der Waals surface area (Å²) in [6.45, 7) is 3.88. The number of nitrogens with two attached hydrogens (primary N) is 1. The molecule has 23 heavy (non-hydrogen) atoms. The molecule has 122 valence electrons. The highest BCUT2D eigenvalue weighted by molar-refractivity contribution is 7.09. The highest BCUT2D eigenvalue weighted by atomic mass is 32.1. The molecule has 0 saturated heterocycles. The van der Waals surface area contributed by atoms with E-state index < -0.39 is 17.6 Å². The van der Waals surface area contributed by atoms with Crippen LogP contribution >= 0.6 is 11.3 Å². The molecule has 0 atom stereocenters. The molecule has 0 unspecified atom stereocenters. The van der Waals surface area contributed by atoms with E-state index in [1.165, 1.54) is 16.7 Å². The van der Waals surface area contributed by atoms with Gasteiger partial charge in [-0.25, -0.2) is 4.39 Å². The van der Waals surface area contributed by atoms with Gasteiger partial charge >= 0.3 is 4.87 Å². The van der Waals surface area contributed by atoms with E-state index >= 15 is 0 Å². The normalized spacial score (nSPS) is 10.6. The number of thiazole rings is 1. The first-order chi connectivity index (χ1) is 10.8. The third kappa shape index (κ3) is 3.84. The van der Waals surface area contributed by atoms with Gasteiger partial charge in [0, 0.05) is 29.1 Å². The number of halogens is 1. The van der Waals surface area contributed by atoms with Gasteiger partial charge in [0.1, 0.15) is 5.82 Å². The number of carbonyl (C=O) groups is 2. The molecule has 0 aliphatic rings. The molecule has 2 rings (SSSR count). The van der Waals surface area contributed by atoms with Crippen LogP contribution in [0.2, 0.25) is 0 Å². The van der Waals surface area contributed by atoms with Crippen LogP contribution in [0.4, 0.5) is 10.1 Å². The third-order valence-electron chi connectivity index (χ3n) is 3.47. The van der Waals surface area contributed by atoms with Crippen molar-refractivity contribution in [1.82, 2.24) is 4.57 Å². The van der Waals surface area contributed by atoms with Crippen molar-refractivity contribution in [3.8, 4) is 0 Å². The topological polar surface area (TPSA) is 94.2 Å². The van der Waals surface area contributed by atoms with Crippen LogP contribution in [0.1, 0.15) is 27.3 Å². The first-order valence-corrected chi connectivity index (χ1v) is 7.67. The number of anilines is 1. The van der Waals surface area contributed by atoms with Gasteiger partial charge in [0.05, 0.1) is 5.69 Å². The van der Waals surface area contributed by atoms with Gasteiger partial charge in [0.2, 0.25) is 11.8 Å². The van der Waals surface area contributed by atoms with Gasteiger partial charge < -0.3 is 15.6 Å². The Morgan fingerprint density at radius 1 is 1.35 bits per heavy atom. The molecule has 0 spiro atoms. The second-order valence-corrected chi connectivity index (χ2v) is 6.18. The maximum atomic E-state index is 13.8. The number of hydrogen-bond donors (Lipinski definition) is 2. The Morgan fingerprint density at radius 3 is 2.57 bits per heavy atom. The molecule has 1 aromatic carbocycles. The third-order valence-corrected chi connectivity index (χ3v) is 4.46. The lowest BCUT2D eigenvalue weighted by molar-refractivity contribution is -0.116. The number of rotatable bonds is 5. The Hall–Kier alpha value is -2.48. The number of nitrogens with one attached hydrogen (secondary N) is 1. The summed E-state index contributed by atoms with van der Waals surface area (Å²) >= 11 is 1.13. The van der Waals surface area contributed by atoms with E-state index in [4.69, 9.17) is 5.73 Å². The van der Waals surface area contributed by atoms with Crippen molar-refractivity contribution in [2.45, 2.75) is 26.8 Å². The molecule has 0 radical (unpaired) electrons. The van der Waals surface area contributed by atoms with Gasteiger partial charge in [-0.3, -0.25) is 14.4 Å². The van der Waals surface area contributed by atoms with Crippen molar-refractivity contribution in [1.29, 1.82) is 0 Å². The van der Waals surface area contributed by atoms with Crippen LogP contribution in [0.25, 0.3) is 0 Å². The molecule has 0 aliphatic carbocycles. The summed E-state index contributed by atoms with van der Waals surface area (Å²) in [6.07, 6.45) is 0.0356. The van der Waals surface area contributed by atoms with Crippen LogP contribution in [-0.2, 0) is 11.3 Å². The van der Waals surface area contributed by atoms with E-state index in [0.29, 0.717) is 0 Å². The van der Waals surface area contributed by atoms with Crippen molar-refractivity contribution in [2.24, 2.45) is 5.73 Å². The van der Waals surface area contributed by atoms with E-state index in [-0.39, 0.29) is 29.1 Å². The van der Waals surface area contributed by atoms with Gasteiger partial charge in [-0.2, -0.15) is 0 Å². The van der Waals surface area contributed by atoms with Crippen LogP contribution in [-0.4, -0.2) is 16.4 Å².